The number of allylic oxidation sites excluding steroid dienone is 1. The van der Waals surface area contributed by atoms with Crippen LogP contribution in [0.2, 0.25) is 0 Å². The van der Waals surface area contributed by atoms with Crippen LogP contribution in [0.5, 0.6) is 5.75 Å². The third-order valence-corrected chi connectivity index (χ3v) is 4.72. The fraction of sp³-hybridized carbons (Fsp3) is 0.400. The second kappa shape index (κ2) is 10.7. The standard InChI is InChI=1S/C20H26N2O.2ClH/c1-3-4-9-18(22-14-12-21-13-15-22)20-17-8-6-5-7-16(17)10-11-19(20)23-2;;/h3,5-8,10-11,18,21H,1,4,9,12-15H2,2H3;2*1H/t18-;;/m1../s1. The molecular formula is C20H28Cl2N2O. The first-order valence-electron chi connectivity index (χ1n) is 8.46. The van der Waals surface area contributed by atoms with Crippen LogP contribution in [-0.2, 0) is 0 Å². The van der Waals surface area contributed by atoms with Gasteiger partial charge < -0.3 is 10.1 Å². The van der Waals surface area contributed by atoms with Crippen molar-refractivity contribution >= 4 is 35.6 Å². The molecule has 1 atom stereocenters. The highest BCUT2D eigenvalue weighted by Crippen LogP contribution is 2.38. The molecule has 1 saturated heterocycles. The van der Waals surface area contributed by atoms with Gasteiger partial charge in [-0.2, -0.15) is 0 Å². The van der Waals surface area contributed by atoms with Crippen molar-refractivity contribution in [3.63, 3.8) is 0 Å². The Labute approximate surface area is 163 Å². The van der Waals surface area contributed by atoms with E-state index in [9.17, 15) is 0 Å². The molecule has 1 fully saturated rings. The lowest BCUT2D eigenvalue weighted by molar-refractivity contribution is 0.164. The van der Waals surface area contributed by atoms with Gasteiger partial charge in [0.25, 0.3) is 0 Å². The van der Waals surface area contributed by atoms with Crippen LogP contribution in [0, 0.1) is 0 Å². The summed E-state index contributed by atoms with van der Waals surface area (Å²) >= 11 is 0. The summed E-state index contributed by atoms with van der Waals surface area (Å²) in [5.74, 6) is 0.997. The number of rotatable bonds is 6. The summed E-state index contributed by atoms with van der Waals surface area (Å²) < 4.78 is 5.74. The molecule has 0 bridgehead atoms. The van der Waals surface area contributed by atoms with Crippen molar-refractivity contribution in [3.05, 3.63) is 54.6 Å². The Morgan fingerprint density at radius 1 is 1.16 bits per heavy atom. The smallest absolute Gasteiger partial charge is 0.124 e. The number of halogens is 2. The number of hydrogen-bond acceptors (Lipinski definition) is 3. The minimum absolute atomic E-state index is 0. The molecule has 0 saturated carbocycles. The zero-order chi connectivity index (χ0) is 16.1. The van der Waals surface area contributed by atoms with Crippen molar-refractivity contribution in [2.45, 2.75) is 18.9 Å². The maximum absolute atomic E-state index is 5.74. The minimum atomic E-state index is 0. The maximum Gasteiger partial charge on any atom is 0.124 e. The van der Waals surface area contributed by atoms with Crippen molar-refractivity contribution in [2.75, 3.05) is 33.3 Å². The zero-order valence-electron chi connectivity index (χ0n) is 14.7. The first kappa shape index (κ1) is 21.8. The van der Waals surface area contributed by atoms with Crippen LogP contribution in [-0.4, -0.2) is 38.2 Å². The normalized spacial score (nSPS) is 15.7. The van der Waals surface area contributed by atoms with Gasteiger partial charge in [0, 0.05) is 37.8 Å². The number of methoxy groups -OCH3 is 1. The van der Waals surface area contributed by atoms with E-state index < -0.39 is 0 Å². The topological polar surface area (TPSA) is 24.5 Å². The van der Waals surface area contributed by atoms with E-state index in [2.05, 4.69) is 53.2 Å². The van der Waals surface area contributed by atoms with Crippen molar-refractivity contribution < 1.29 is 4.74 Å². The molecule has 3 nitrogen and oxygen atoms in total. The van der Waals surface area contributed by atoms with Gasteiger partial charge in [-0.3, -0.25) is 4.90 Å². The largest absolute Gasteiger partial charge is 0.496 e. The molecule has 1 aliphatic heterocycles. The van der Waals surface area contributed by atoms with E-state index in [0.29, 0.717) is 6.04 Å². The molecule has 5 heteroatoms. The van der Waals surface area contributed by atoms with Gasteiger partial charge in [0.2, 0.25) is 0 Å². The van der Waals surface area contributed by atoms with E-state index in [4.69, 9.17) is 4.74 Å². The number of piperazine rings is 1. The highest BCUT2D eigenvalue weighted by atomic mass is 35.5. The summed E-state index contributed by atoms with van der Waals surface area (Å²) in [5.41, 5.74) is 1.33. The average molecular weight is 383 g/mol. The van der Waals surface area contributed by atoms with E-state index in [-0.39, 0.29) is 24.8 Å². The summed E-state index contributed by atoms with van der Waals surface area (Å²) in [6.07, 6.45) is 4.11. The van der Waals surface area contributed by atoms with Crippen molar-refractivity contribution in [2.24, 2.45) is 0 Å². The third-order valence-electron chi connectivity index (χ3n) is 4.72. The monoisotopic (exact) mass is 382 g/mol. The third kappa shape index (κ3) is 4.89. The van der Waals surface area contributed by atoms with Gasteiger partial charge in [0.15, 0.2) is 0 Å². The van der Waals surface area contributed by atoms with Crippen molar-refractivity contribution in [1.29, 1.82) is 0 Å². The number of fused-ring (bicyclic) bond motifs is 1. The van der Waals surface area contributed by atoms with Crippen LogP contribution in [0.15, 0.2) is 49.1 Å². The molecule has 0 unspecified atom stereocenters. The Hall–Kier alpha value is -1.26. The second-order valence-electron chi connectivity index (χ2n) is 6.07. The molecule has 2 aromatic carbocycles. The van der Waals surface area contributed by atoms with Crippen LogP contribution >= 0.6 is 24.8 Å². The van der Waals surface area contributed by atoms with Crippen molar-refractivity contribution in [1.82, 2.24) is 10.2 Å². The molecule has 0 amide bonds. The summed E-state index contributed by atoms with van der Waals surface area (Å²) in [6.45, 7) is 8.18. The number of nitrogens with one attached hydrogen (secondary N) is 1. The molecule has 1 aliphatic rings. The lowest BCUT2D eigenvalue weighted by atomic mass is 9.93. The molecule has 25 heavy (non-hydrogen) atoms. The van der Waals surface area contributed by atoms with E-state index >= 15 is 0 Å². The highest BCUT2D eigenvalue weighted by Gasteiger charge is 2.26. The first-order chi connectivity index (χ1) is 11.3. The first-order valence-corrected chi connectivity index (χ1v) is 8.46. The van der Waals surface area contributed by atoms with Gasteiger partial charge in [0.05, 0.1) is 7.11 Å². The number of benzene rings is 2. The maximum atomic E-state index is 5.74. The summed E-state index contributed by atoms with van der Waals surface area (Å²) in [5, 5.41) is 6.03. The predicted octanol–water partition coefficient (Wildman–Crippen LogP) is 4.60. The van der Waals surface area contributed by atoms with Crippen LogP contribution in [0.4, 0.5) is 0 Å². The quantitative estimate of drug-likeness (QED) is 0.738. The molecule has 0 spiro atoms. The fourth-order valence-electron chi connectivity index (χ4n) is 3.58. The lowest BCUT2D eigenvalue weighted by Crippen LogP contribution is -2.45. The van der Waals surface area contributed by atoms with Crippen LogP contribution in [0.25, 0.3) is 10.8 Å². The SMILES string of the molecule is C=CCC[C@H](c1c(OC)ccc2ccccc12)N1CCNCC1.Cl.Cl. The van der Waals surface area contributed by atoms with Crippen molar-refractivity contribution in [3.8, 4) is 5.75 Å². The molecule has 0 aromatic heterocycles. The fourth-order valence-corrected chi connectivity index (χ4v) is 3.58. The predicted molar refractivity (Wildman–Crippen MR) is 112 cm³/mol. The van der Waals surface area contributed by atoms with Crippen LogP contribution < -0.4 is 10.1 Å². The summed E-state index contributed by atoms with van der Waals surface area (Å²) in [6, 6.07) is 13.3. The second-order valence-corrected chi connectivity index (χ2v) is 6.07. The highest BCUT2D eigenvalue weighted by molar-refractivity contribution is 5.88. The van der Waals surface area contributed by atoms with Gasteiger partial charge in [0.1, 0.15) is 5.75 Å². The van der Waals surface area contributed by atoms with Crippen LogP contribution in [0.1, 0.15) is 24.4 Å². The Bertz CT molecular complexity index is 672. The minimum Gasteiger partial charge on any atom is -0.496 e. The van der Waals surface area contributed by atoms with Gasteiger partial charge >= 0.3 is 0 Å². The van der Waals surface area contributed by atoms with Crippen LogP contribution in [0.3, 0.4) is 0 Å². The molecule has 0 radical (unpaired) electrons. The lowest BCUT2D eigenvalue weighted by Gasteiger charge is -2.36. The molecule has 3 rings (SSSR count). The zero-order valence-corrected chi connectivity index (χ0v) is 16.4. The Balaban J connectivity index is 0.00000156. The van der Waals surface area contributed by atoms with Gasteiger partial charge in [-0.05, 0) is 29.7 Å². The number of hydrogen-bond donors (Lipinski definition) is 1. The Morgan fingerprint density at radius 2 is 1.88 bits per heavy atom. The Kier molecular flexibility index (Phi) is 9.30. The molecule has 0 aliphatic carbocycles. The average Bonchev–Trinajstić information content (AvgIpc) is 2.63. The van der Waals surface area contributed by atoms with E-state index in [1.54, 1.807) is 7.11 Å². The number of ether oxygens (including phenoxy) is 1. The number of nitrogens with zero attached hydrogens (tertiary/aromatic N) is 1. The van der Waals surface area contributed by atoms with Gasteiger partial charge in [-0.25, -0.2) is 0 Å². The molecule has 1 N–H and O–H groups in total. The molecule has 138 valence electrons. The van der Waals surface area contributed by atoms with E-state index in [0.717, 1.165) is 44.8 Å². The summed E-state index contributed by atoms with van der Waals surface area (Å²) in [4.78, 5) is 2.59. The Morgan fingerprint density at radius 3 is 2.56 bits per heavy atom. The van der Waals surface area contributed by atoms with E-state index in [1.807, 2.05) is 6.08 Å². The van der Waals surface area contributed by atoms with Gasteiger partial charge in [-0.15, -0.1) is 31.4 Å². The molecule has 2 aromatic rings. The summed E-state index contributed by atoms with van der Waals surface area (Å²) in [7, 11) is 1.77. The molecule has 1 heterocycles. The van der Waals surface area contributed by atoms with Gasteiger partial charge in [-0.1, -0.05) is 36.4 Å². The van der Waals surface area contributed by atoms with E-state index in [1.165, 1.54) is 16.3 Å². The molecular weight excluding hydrogens is 355 g/mol.